The number of carbonyl (C=O) groups excluding carboxylic acids is 1. The van der Waals surface area contributed by atoms with Gasteiger partial charge in [0.2, 0.25) is 5.56 Å². The lowest BCUT2D eigenvalue weighted by molar-refractivity contribution is -0.158. The molecule has 0 radical (unpaired) electrons. The number of pyridine rings is 1. The number of hydrogen-bond donors (Lipinski definition) is 0. The standard InChI is InChI=1S/C25H35NO3/c1-6-17(3)25(28)29-22-15-16(2)14-19-11-10-18(4)21(24(19)22)13-12-20-8-7-9-23(27)26(20)5/h7-11,14,16-18,21-22,24H,6,12-13,15H2,1-5H3. The van der Waals surface area contributed by atoms with Crippen LogP contribution in [0.2, 0.25) is 0 Å². The van der Waals surface area contributed by atoms with Crippen molar-refractivity contribution in [3.8, 4) is 0 Å². The monoisotopic (exact) mass is 397 g/mol. The van der Waals surface area contributed by atoms with E-state index in [0.717, 1.165) is 31.4 Å². The smallest absolute Gasteiger partial charge is 0.308 e. The normalized spacial score (nSPS) is 29.7. The van der Waals surface area contributed by atoms with Crippen LogP contribution in [0.1, 0.15) is 52.7 Å². The maximum atomic E-state index is 12.6. The van der Waals surface area contributed by atoms with Crippen molar-refractivity contribution in [1.82, 2.24) is 4.57 Å². The van der Waals surface area contributed by atoms with E-state index in [2.05, 4.69) is 32.1 Å². The van der Waals surface area contributed by atoms with Crippen LogP contribution in [-0.4, -0.2) is 16.6 Å². The number of carbonyl (C=O) groups is 1. The molecule has 0 amide bonds. The molecule has 4 nitrogen and oxygen atoms in total. The summed E-state index contributed by atoms with van der Waals surface area (Å²) in [6, 6.07) is 5.47. The van der Waals surface area contributed by atoms with Crippen LogP contribution in [0.15, 0.2) is 46.8 Å². The maximum Gasteiger partial charge on any atom is 0.308 e. The van der Waals surface area contributed by atoms with E-state index >= 15 is 0 Å². The average molecular weight is 398 g/mol. The quantitative estimate of drug-likeness (QED) is 0.655. The Morgan fingerprint density at radius 2 is 2.07 bits per heavy atom. The van der Waals surface area contributed by atoms with Crippen LogP contribution in [0.3, 0.4) is 0 Å². The van der Waals surface area contributed by atoms with Gasteiger partial charge in [-0.3, -0.25) is 9.59 Å². The second kappa shape index (κ2) is 9.15. The van der Waals surface area contributed by atoms with E-state index in [4.69, 9.17) is 4.74 Å². The summed E-state index contributed by atoms with van der Waals surface area (Å²) in [5.74, 6) is 1.32. The lowest BCUT2D eigenvalue weighted by atomic mass is 9.65. The molecule has 6 atom stereocenters. The summed E-state index contributed by atoms with van der Waals surface area (Å²) in [5.41, 5.74) is 2.41. The van der Waals surface area contributed by atoms with Gasteiger partial charge in [0, 0.05) is 24.7 Å². The van der Waals surface area contributed by atoms with E-state index in [9.17, 15) is 9.59 Å². The summed E-state index contributed by atoms with van der Waals surface area (Å²) >= 11 is 0. The third-order valence-corrected chi connectivity index (χ3v) is 6.90. The Labute approximate surface area is 174 Å². The molecule has 3 rings (SSSR count). The highest BCUT2D eigenvalue weighted by atomic mass is 16.5. The first-order chi connectivity index (χ1) is 13.8. The molecule has 1 heterocycles. The van der Waals surface area contributed by atoms with E-state index in [-0.39, 0.29) is 29.5 Å². The molecule has 29 heavy (non-hydrogen) atoms. The van der Waals surface area contributed by atoms with Crippen LogP contribution < -0.4 is 5.56 Å². The first-order valence-corrected chi connectivity index (χ1v) is 11.1. The van der Waals surface area contributed by atoms with E-state index in [1.165, 1.54) is 5.57 Å². The Kier molecular flexibility index (Phi) is 6.81. The lowest BCUT2D eigenvalue weighted by Gasteiger charge is -2.43. The lowest BCUT2D eigenvalue weighted by Crippen LogP contribution is -2.41. The van der Waals surface area contributed by atoms with Crippen LogP contribution >= 0.6 is 0 Å². The Balaban J connectivity index is 1.84. The number of aryl methyl sites for hydroxylation is 1. The Morgan fingerprint density at radius 3 is 2.79 bits per heavy atom. The van der Waals surface area contributed by atoms with Crippen LogP contribution in [-0.2, 0) is 23.0 Å². The van der Waals surface area contributed by atoms with Crippen molar-refractivity contribution >= 4 is 5.97 Å². The second-order valence-corrected chi connectivity index (χ2v) is 9.03. The number of esters is 1. The zero-order valence-electron chi connectivity index (χ0n) is 18.4. The third-order valence-electron chi connectivity index (χ3n) is 6.90. The van der Waals surface area contributed by atoms with Crippen molar-refractivity contribution < 1.29 is 9.53 Å². The number of nitrogens with zero attached hydrogens (tertiary/aromatic N) is 1. The largest absolute Gasteiger partial charge is 0.461 e. The van der Waals surface area contributed by atoms with Crippen molar-refractivity contribution in [3.63, 3.8) is 0 Å². The average Bonchev–Trinajstić information content (AvgIpc) is 2.69. The molecule has 0 fully saturated rings. The molecule has 0 saturated heterocycles. The van der Waals surface area contributed by atoms with Gasteiger partial charge in [-0.15, -0.1) is 0 Å². The highest BCUT2D eigenvalue weighted by molar-refractivity contribution is 5.72. The molecule has 0 aliphatic heterocycles. The molecule has 4 heteroatoms. The number of ether oxygens (including phenoxy) is 1. The van der Waals surface area contributed by atoms with Crippen LogP contribution in [0.25, 0.3) is 0 Å². The fourth-order valence-corrected chi connectivity index (χ4v) is 4.83. The summed E-state index contributed by atoms with van der Waals surface area (Å²) in [4.78, 5) is 24.5. The molecular formula is C25H35NO3. The fourth-order valence-electron chi connectivity index (χ4n) is 4.83. The predicted octanol–water partition coefficient (Wildman–Crippen LogP) is 4.68. The fraction of sp³-hybridized carbons (Fsp3) is 0.600. The number of aromatic nitrogens is 1. The van der Waals surface area contributed by atoms with Crippen LogP contribution in [0.5, 0.6) is 0 Å². The maximum absolute atomic E-state index is 12.6. The van der Waals surface area contributed by atoms with Gasteiger partial charge in [-0.1, -0.05) is 52.0 Å². The topological polar surface area (TPSA) is 48.3 Å². The minimum atomic E-state index is -0.0719. The molecule has 2 aliphatic carbocycles. The number of fused-ring (bicyclic) bond motifs is 1. The summed E-state index contributed by atoms with van der Waals surface area (Å²) in [5, 5.41) is 0. The molecule has 0 N–H and O–H groups in total. The highest BCUT2D eigenvalue weighted by Gasteiger charge is 2.41. The van der Waals surface area contributed by atoms with Crippen molar-refractivity contribution in [2.75, 3.05) is 0 Å². The van der Waals surface area contributed by atoms with Gasteiger partial charge >= 0.3 is 5.97 Å². The van der Waals surface area contributed by atoms with E-state index in [0.29, 0.717) is 17.8 Å². The molecule has 2 aliphatic rings. The Morgan fingerprint density at radius 1 is 1.31 bits per heavy atom. The summed E-state index contributed by atoms with van der Waals surface area (Å²) in [7, 11) is 1.84. The van der Waals surface area contributed by atoms with E-state index in [1.54, 1.807) is 10.6 Å². The van der Waals surface area contributed by atoms with E-state index < -0.39 is 0 Å². The zero-order valence-corrected chi connectivity index (χ0v) is 18.4. The summed E-state index contributed by atoms with van der Waals surface area (Å²) in [6.07, 6.45) is 10.3. The zero-order chi connectivity index (χ0) is 21.1. The van der Waals surface area contributed by atoms with Gasteiger partial charge in [0.15, 0.2) is 0 Å². The first-order valence-electron chi connectivity index (χ1n) is 11.1. The molecule has 1 aromatic heterocycles. The predicted molar refractivity (Wildman–Crippen MR) is 116 cm³/mol. The van der Waals surface area contributed by atoms with Gasteiger partial charge in [-0.05, 0) is 55.1 Å². The van der Waals surface area contributed by atoms with Gasteiger partial charge in [0.25, 0.3) is 0 Å². The molecule has 1 aromatic rings. The van der Waals surface area contributed by atoms with Gasteiger partial charge in [0.05, 0.1) is 5.92 Å². The van der Waals surface area contributed by atoms with Crippen molar-refractivity contribution in [2.24, 2.45) is 36.6 Å². The van der Waals surface area contributed by atoms with Gasteiger partial charge in [0.1, 0.15) is 6.10 Å². The minimum absolute atomic E-state index is 0.0338. The van der Waals surface area contributed by atoms with Gasteiger partial charge in [-0.25, -0.2) is 0 Å². The van der Waals surface area contributed by atoms with Crippen molar-refractivity contribution in [3.05, 3.63) is 58.0 Å². The van der Waals surface area contributed by atoms with Crippen LogP contribution in [0, 0.1) is 29.6 Å². The molecule has 0 aromatic carbocycles. The number of allylic oxidation sites excluding steroid dienone is 3. The highest BCUT2D eigenvalue weighted by Crippen LogP contribution is 2.44. The second-order valence-electron chi connectivity index (χ2n) is 9.03. The molecule has 0 bridgehead atoms. The van der Waals surface area contributed by atoms with Crippen LogP contribution in [0.4, 0.5) is 0 Å². The number of rotatable bonds is 6. The summed E-state index contributed by atoms with van der Waals surface area (Å²) in [6.45, 7) is 8.43. The Hall–Kier alpha value is -2.10. The summed E-state index contributed by atoms with van der Waals surface area (Å²) < 4.78 is 7.83. The molecule has 0 saturated carbocycles. The molecule has 0 spiro atoms. The molecule has 158 valence electrons. The number of hydrogen-bond acceptors (Lipinski definition) is 3. The molecule has 6 unspecified atom stereocenters. The van der Waals surface area contributed by atoms with E-state index in [1.807, 2.05) is 33.0 Å². The SMILES string of the molecule is CCC(C)C(=O)OC1CC(C)C=C2C=CC(C)C(CCc3cccc(=O)n3C)C21. The minimum Gasteiger partial charge on any atom is -0.461 e. The third kappa shape index (κ3) is 4.73. The van der Waals surface area contributed by atoms with Gasteiger partial charge in [-0.2, -0.15) is 0 Å². The van der Waals surface area contributed by atoms with Gasteiger partial charge < -0.3 is 9.30 Å². The first kappa shape index (κ1) is 21.6. The molecular weight excluding hydrogens is 362 g/mol. The van der Waals surface area contributed by atoms with Crippen molar-refractivity contribution in [2.45, 2.75) is 59.5 Å². The Bertz CT molecular complexity index is 850. The van der Waals surface area contributed by atoms with Crippen molar-refractivity contribution in [1.29, 1.82) is 0 Å².